The van der Waals surface area contributed by atoms with E-state index in [9.17, 15) is 20.5 Å². The van der Waals surface area contributed by atoms with Gasteiger partial charge in [-0.2, -0.15) is 5.26 Å². The largest absolute Gasteiger partial charge is 0.507 e. The summed E-state index contributed by atoms with van der Waals surface area (Å²) in [6, 6.07) is 15.0. The molecule has 3 aromatic rings. The molecule has 0 bridgehead atoms. The van der Waals surface area contributed by atoms with Gasteiger partial charge in [0.2, 0.25) is 0 Å². The molecule has 1 unspecified atom stereocenters. The maximum Gasteiger partial charge on any atom is 0.276 e. The number of anilines is 1. The number of rotatable bonds is 6. The van der Waals surface area contributed by atoms with Gasteiger partial charge in [-0.25, -0.2) is 4.98 Å². The number of hydrogen-bond acceptors (Lipinski definition) is 8. The van der Waals surface area contributed by atoms with E-state index in [1.54, 1.807) is 36.4 Å². The van der Waals surface area contributed by atoms with Crippen LogP contribution < -0.4 is 15.8 Å². The monoisotopic (exact) mass is 445 g/mol. The molecule has 2 heterocycles. The summed E-state index contributed by atoms with van der Waals surface area (Å²) in [6.45, 7) is 1.58. The Labute approximate surface area is 190 Å². The number of nitro groups is 1. The van der Waals surface area contributed by atoms with E-state index in [1.165, 1.54) is 12.1 Å². The lowest BCUT2D eigenvalue weighted by Gasteiger charge is -2.25. The van der Waals surface area contributed by atoms with Crippen molar-refractivity contribution in [3.8, 4) is 28.8 Å². The van der Waals surface area contributed by atoms with Crippen molar-refractivity contribution < 1.29 is 14.8 Å². The van der Waals surface area contributed by atoms with Gasteiger partial charge in [0.1, 0.15) is 30.0 Å². The molecule has 1 aromatic heterocycles. The summed E-state index contributed by atoms with van der Waals surface area (Å²) < 4.78 is 5.91. The first-order valence-corrected chi connectivity index (χ1v) is 10.6. The number of nitrogens with one attached hydrogen (secondary N) is 1. The van der Waals surface area contributed by atoms with Crippen molar-refractivity contribution in [2.45, 2.75) is 25.4 Å². The van der Waals surface area contributed by atoms with Crippen molar-refractivity contribution in [3.05, 3.63) is 75.3 Å². The Bertz CT molecular complexity index is 1230. The fraction of sp³-hybridized carbons (Fsp3) is 0.250. The summed E-state index contributed by atoms with van der Waals surface area (Å²) >= 11 is 0. The first kappa shape index (κ1) is 22.0. The van der Waals surface area contributed by atoms with Gasteiger partial charge in [-0.15, -0.1) is 0 Å². The normalized spacial score (nSPS) is 15.5. The second kappa shape index (κ2) is 9.54. The van der Waals surface area contributed by atoms with E-state index in [0.717, 1.165) is 31.5 Å². The predicted molar refractivity (Wildman–Crippen MR) is 123 cm³/mol. The van der Waals surface area contributed by atoms with Crippen molar-refractivity contribution in [2.24, 2.45) is 0 Å². The highest BCUT2D eigenvalue weighted by molar-refractivity contribution is 5.76. The highest BCUT2D eigenvalue weighted by atomic mass is 16.6. The van der Waals surface area contributed by atoms with Crippen molar-refractivity contribution in [1.29, 1.82) is 5.26 Å². The van der Waals surface area contributed by atoms with E-state index in [1.807, 2.05) is 0 Å². The van der Waals surface area contributed by atoms with E-state index in [0.29, 0.717) is 28.1 Å². The maximum atomic E-state index is 11.3. The molecule has 4 rings (SSSR count). The molecular formula is C24H23N5O4. The summed E-state index contributed by atoms with van der Waals surface area (Å²) in [5.74, 6) is 0.417. The lowest BCUT2D eigenvalue weighted by atomic mass is 9.88. The third-order valence-corrected chi connectivity index (χ3v) is 5.76. The first-order chi connectivity index (χ1) is 16.0. The van der Waals surface area contributed by atoms with Crippen LogP contribution in [0.5, 0.6) is 11.5 Å². The summed E-state index contributed by atoms with van der Waals surface area (Å²) in [6.07, 6.45) is 1.89. The number of piperidine rings is 1. The zero-order valence-electron chi connectivity index (χ0n) is 17.8. The molecule has 4 N–H and O–H groups in total. The Hall–Kier alpha value is -4.16. The van der Waals surface area contributed by atoms with E-state index < -0.39 is 4.92 Å². The van der Waals surface area contributed by atoms with Gasteiger partial charge in [0.05, 0.1) is 27.3 Å². The van der Waals surface area contributed by atoms with E-state index in [4.69, 9.17) is 10.5 Å². The van der Waals surface area contributed by atoms with E-state index in [2.05, 4.69) is 16.4 Å². The Morgan fingerprint density at radius 2 is 2.12 bits per heavy atom. The number of ether oxygens (including phenoxy) is 1. The smallest absolute Gasteiger partial charge is 0.276 e. The van der Waals surface area contributed by atoms with Crippen LogP contribution in [0.15, 0.2) is 48.5 Å². The average Bonchev–Trinajstić information content (AvgIpc) is 2.83. The minimum atomic E-state index is -0.463. The minimum Gasteiger partial charge on any atom is -0.507 e. The van der Waals surface area contributed by atoms with Crippen LogP contribution in [0.1, 0.15) is 35.4 Å². The number of benzene rings is 2. The Morgan fingerprint density at radius 3 is 2.85 bits per heavy atom. The Kier molecular flexibility index (Phi) is 6.38. The van der Waals surface area contributed by atoms with Crippen molar-refractivity contribution >= 4 is 11.5 Å². The summed E-state index contributed by atoms with van der Waals surface area (Å²) in [4.78, 5) is 15.2. The molecule has 0 aliphatic carbocycles. The first-order valence-electron chi connectivity index (χ1n) is 10.6. The molecule has 9 nitrogen and oxygen atoms in total. The van der Waals surface area contributed by atoms with E-state index >= 15 is 0 Å². The molecule has 0 saturated carbocycles. The molecule has 1 aliphatic rings. The third kappa shape index (κ3) is 4.56. The minimum absolute atomic E-state index is 0.0490. The zero-order chi connectivity index (χ0) is 23.4. The summed E-state index contributed by atoms with van der Waals surface area (Å²) in [7, 11) is 0. The number of nitrogens with two attached hydrogens (primary N) is 1. The highest BCUT2D eigenvalue weighted by Crippen LogP contribution is 2.40. The van der Waals surface area contributed by atoms with Gasteiger partial charge >= 0.3 is 0 Å². The predicted octanol–water partition coefficient (Wildman–Crippen LogP) is 3.86. The third-order valence-electron chi connectivity index (χ3n) is 5.76. The standard InChI is InChI=1S/C24H23N5O4/c25-12-18-17(15-6-4-10-27-13-15)11-19(28-24(18)26)23-21(30)8-3-9-22(23)33-14-16-5-1-2-7-20(16)29(31)32/h1-3,5,7-9,11,15,27,30H,4,6,10,13-14H2,(H2,26,28). The SMILES string of the molecule is N#Cc1c(C2CCCNC2)cc(-c2c(O)cccc2OCc2ccccc2[N+](=O)[O-])nc1N. The van der Waals surface area contributed by atoms with Crippen LogP contribution in [0, 0.1) is 21.4 Å². The van der Waals surface area contributed by atoms with Gasteiger partial charge in [-0.05, 0) is 55.1 Å². The molecule has 2 aromatic carbocycles. The molecule has 168 valence electrons. The molecule has 1 fully saturated rings. The van der Waals surface area contributed by atoms with Crippen LogP contribution in [0.2, 0.25) is 0 Å². The van der Waals surface area contributed by atoms with Gasteiger partial charge in [0, 0.05) is 12.6 Å². The number of nitro benzene ring substituents is 1. The molecule has 1 saturated heterocycles. The second-order valence-corrected chi connectivity index (χ2v) is 7.84. The molecule has 1 atom stereocenters. The summed E-state index contributed by atoms with van der Waals surface area (Å²) in [5.41, 5.74) is 8.31. The van der Waals surface area contributed by atoms with Crippen LogP contribution in [0.25, 0.3) is 11.3 Å². The number of phenols is 1. The van der Waals surface area contributed by atoms with Gasteiger partial charge in [0.25, 0.3) is 5.69 Å². The van der Waals surface area contributed by atoms with Crippen LogP contribution in [0.3, 0.4) is 0 Å². The number of aromatic nitrogens is 1. The van der Waals surface area contributed by atoms with Gasteiger partial charge < -0.3 is 20.9 Å². The Morgan fingerprint density at radius 1 is 1.30 bits per heavy atom. The number of nitrogen functional groups attached to an aromatic ring is 1. The van der Waals surface area contributed by atoms with Gasteiger partial charge in [0.15, 0.2) is 0 Å². The molecule has 1 aliphatic heterocycles. The zero-order valence-corrected chi connectivity index (χ0v) is 17.8. The van der Waals surface area contributed by atoms with Gasteiger partial charge in [-0.3, -0.25) is 10.1 Å². The van der Waals surface area contributed by atoms with E-state index in [-0.39, 0.29) is 29.8 Å². The molecule has 9 heteroatoms. The number of nitrogens with zero attached hydrogens (tertiary/aromatic N) is 3. The van der Waals surface area contributed by atoms with Crippen LogP contribution in [0.4, 0.5) is 11.5 Å². The molecule has 0 radical (unpaired) electrons. The second-order valence-electron chi connectivity index (χ2n) is 7.84. The van der Waals surface area contributed by atoms with Crippen LogP contribution in [-0.4, -0.2) is 28.1 Å². The van der Waals surface area contributed by atoms with Crippen molar-refractivity contribution in [1.82, 2.24) is 10.3 Å². The number of aromatic hydroxyl groups is 1. The quantitative estimate of drug-likeness (QED) is 0.383. The van der Waals surface area contributed by atoms with Crippen LogP contribution in [-0.2, 0) is 6.61 Å². The lowest BCUT2D eigenvalue weighted by molar-refractivity contribution is -0.385. The molecular weight excluding hydrogens is 422 g/mol. The molecule has 33 heavy (non-hydrogen) atoms. The fourth-order valence-electron chi connectivity index (χ4n) is 4.14. The number of hydrogen-bond donors (Lipinski definition) is 3. The number of nitriles is 1. The van der Waals surface area contributed by atoms with Gasteiger partial charge in [-0.1, -0.05) is 18.2 Å². The molecule has 0 amide bonds. The van der Waals surface area contributed by atoms with Crippen molar-refractivity contribution in [3.63, 3.8) is 0 Å². The summed E-state index contributed by atoms with van der Waals surface area (Å²) in [5, 5.41) is 35.0. The average molecular weight is 445 g/mol. The highest BCUT2D eigenvalue weighted by Gasteiger charge is 2.24. The fourth-order valence-corrected chi connectivity index (χ4v) is 4.14. The lowest BCUT2D eigenvalue weighted by Crippen LogP contribution is -2.29. The number of para-hydroxylation sites is 1. The number of phenolic OH excluding ortho intramolecular Hbond substituents is 1. The van der Waals surface area contributed by atoms with Crippen molar-refractivity contribution in [2.75, 3.05) is 18.8 Å². The topological polar surface area (TPSA) is 147 Å². The maximum absolute atomic E-state index is 11.3. The number of pyridine rings is 1. The van der Waals surface area contributed by atoms with Crippen LogP contribution >= 0.6 is 0 Å². The Balaban J connectivity index is 1.74. The molecule has 0 spiro atoms.